The molecule has 1 saturated heterocycles. The zero-order valence-electron chi connectivity index (χ0n) is 12.8. The van der Waals surface area contributed by atoms with E-state index in [0.717, 1.165) is 31.1 Å². The summed E-state index contributed by atoms with van der Waals surface area (Å²) in [6.45, 7) is 5.20. The topological polar surface area (TPSA) is 62.8 Å². The van der Waals surface area contributed by atoms with Crippen LogP contribution in [0.1, 0.15) is 11.1 Å². The first-order valence-electron chi connectivity index (χ1n) is 6.96. The fraction of sp³-hybridized carbons (Fsp3) is 0.600. The van der Waals surface area contributed by atoms with Crippen LogP contribution >= 0.6 is 12.4 Å². The van der Waals surface area contributed by atoms with E-state index < -0.39 is 0 Å². The van der Waals surface area contributed by atoms with Crippen molar-refractivity contribution in [2.45, 2.75) is 19.6 Å². The van der Waals surface area contributed by atoms with Crippen LogP contribution in [0.3, 0.4) is 0 Å². The molecule has 0 bridgehead atoms. The molecule has 1 aromatic carbocycles. The molecule has 0 amide bonds. The number of β-amino-alcohol motifs (C(OH)–C–C–N with tert-alkyl or cyclic N) is 1. The molecule has 0 spiro atoms. The van der Waals surface area contributed by atoms with Crippen LogP contribution in [-0.4, -0.2) is 45.1 Å². The Bertz CT molecular complexity index is 457. The van der Waals surface area contributed by atoms with Crippen molar-refractivity contribution in [3.8, 4) is 11.5 Å². The maximum Gasteiger partial charge on any atom is 0.161 e. The van der Waals surface area contributed by atoms with E-state index >= 15 is 0 Å². The lowest BCUT2D eigenvalue weighted by Crippen LogP contribution is -2.30. The fourth-order valence-electron chi connectivity index (χ4n) is 2.53. The highest BCUT2D eigenvalue weighted by Gasteiger charge is 2.24. The van der Waals surface area contributed by atoms with Gasteiger partial charge in [0, 0.05) is 32.1 Å². The molecule has 2 atom stereocenters. The summed E-state index contributed by atoms with van der Waals surface area (Å²) in [4.78, 5) is 0. The highest BCUT2D eigenvalue weighted by Crippen LogP contribution is 2.30. The van der Waals surface area contributed by atoms with Crippen molar-refractivity contribution >= 4 is 12.4 Å². The first-order valence-corrected chi connectivity index (χ1v) is 6.96. The molecule has 120 valence electrons. The molecule has 21 heavy (non-hydrogen) atoms. The monoisotopic (exact) mass is 316 g/mol. The van der Waals surface area contributed by atoms with Crippen molar-refractivity contribution in [1.82, 2.24) is 10.6 Å². The molecular formula is C15H25ClN2O3. The smallest absolute Gasteiger partial charge is 0.161 e. The minimum Gasteiger partial charge on any atom is -0.493 e. The van der Waals surface area contributed by atoms with Crippen LogP contribution in [-0.2, 0) is 6.54 Å². The van der Waals surface area contributed by atoms with Crippen LogP contribution in [0.25, 0.3) is 0 Å². The SMILES string of the molecule is COc1cc(C)c(CNCC2CNCC2O)cc1OC.Cl. The van der Waals surface area contributed by atoms with Gasteiger partial charge in [-0.3, -0.25) is 0 Å². The van der Waals surface area contributed by atoms with E-state index in [-0.39, 0.29) is 24.4 Å². The Hall–Kier alpha value is -1.01. The molecule has 5 nitrogen and oxygen atoms in total. The quantitative estimate of drug-likeness (QED) is 0.734. The number of benzene rings is 1. The average molecular weight is 317 g/mol. The van der Waals surface area contributed by atoms with E-state index in [9.17, 15) is 5.11 Å². The van der Waals surface area contributed by atoms with Crippen molar-refractivity contribution in [3.63, 3.8) is 0 Å². The standard InChI is InChI=1S/C15H24N2O3.ClH/c1-10-4-14(19-2)15(20-3)5-11(10)6-16-7-12-8-17-9-13(12)18;/h4-5,12-13,16-18H,6-9H2,1-3H3;1H. The molecule has 0 aliphatic carbocycles. The van der Waals surface area contributed by atoms with Gasteiger partial charge in [0.05, 0.1) is 20.3 Å². The summed E-state index contributed by atoms with van der Waals surface area (Å²) in [5.74, 6) is 1.79. The molecule has 1 aliphatic rings. The highest BCUT2D eigenvalue weighted by molar-refractivity contribution is 5.85. The number of aryl methyl sites for hydroxylation is 1. The number of hydrogen-bond donors (Lipinski definition) is 3. The van der Waals surface area contributed by atoms with E-state index in [1.54, 1.807) is 14.2 Å². The van der Waals surface area contributed by atoms with E-state index in [2.05, 4.69) is 17.6 Å². The lowest BCUT2D eigenvalue weighted by atomic mass is 10.1. The average Bonchev–Trinajstić information content (AvgIpc) is 2.85. The second-order valence-electron chi connectivity index (χ2n) is 5.25. The maximum atomic E-state index is 9.75. The minimum absolute atomic E-state index is 0. The Balaban J connectivity index is 0.00000220. The summed E-state index contributed by atoms with van der Waals surface area (Å²) in [5, 5.41) is 16.3. The number of halogens is 1. The van der Waals surface area contributed by atoms with Gasteiger partial charge in [0.25, 0.3) is 0 Å². The molecule has 1 aromatic rings. The first-order chi connectivity index (χ1) is 9.65. The van der Waals surface area contributed by atoms with Gasteiger partial charge in [0.2, 0.25) is 0 Å². The Kier molecular flexibility index (Phi) is 7.25. The molecule has 1 fully saturated rings. The molecule has 6 heteroatoms. The Labute approximate surface area is 132 Å². The van der Waals surface area contributed by atoms with Crippen molar-refractivity contribution in [1.29, 1.82) is 0 Å². The predicted molar refractivity (Wildman–Crippen MR) is 85.6 cm³/mol. The highest BCUT2D eigenvalue weighted by atomic mass is 35.5. The minimum atomic E-state index is -0.242. The van der Waals surface area contributed by atoms with E-state index in [1.807, 2.05) is 12.1 Å². The third-order valence-electron chi connectivity index (χ3n) is 3.87. The second kappa shape index (κ2) is 8.44. The van der Waals surface area contributed by atoms with Crippen molar-refractivity contribution < 1.29 is 14.6 Å². The number of methoxy groups -OCH3 is 2. The summed E-state index contributed by atoms with van der Waals surface area (Å²) >= 11 is 0. The number of rotatable bonds is 6. The van der Waals surface area contributed by atoms with Crippen molar-refractivity contribution in [2.24, 2.45) is 5.92 Å². The van der Waals surface area contributed by atoms with Crippen LogP contribution in [0.5, 0.6) is 11.5 Å². The van der Waals surface area contributed by atoms with Crippen LogP contribution < -0.4 is 20.1 Å². The first kappa shape index (κ1) is 18.0. The molecule has 0 radical (unpaired) electrons. The van der Waals surface area contributed by atoms with Crippen molar-refractivity contribution in [2.75, 3.05) is 33.9 Å². The number of ether oxygens (including phenoxy) is 2. The zero-order chi connectivity index (χ0) is 14.5. The summed E-state index contributed by atoms with van der Waals surface area (Å²) in [5.41, 5.74) is 2.35. The van der Waals surface area contributed by atoms with Crippen LogP contribution in [0.2, 0.25) is 0 Å². The van der Waals surface area contributed by atoms with Crippen LogP contribution in [0.15, 0.2) is 12.1 Å². The summed E-state index contributed by atoms with van der Waals surface area (Å²) in [6.07, 6.45) is -0.242. The predicted octanol–water partition coefficient (Wildman–Crippen LogP) is 1.10. The number of aliphatic hydroxyl groups excluding tert-OH is 1. The Morgan fingerprint density at radius 2 is 1.90 bits per heavy atom. The third-order valence-corrected chi connectivity index (χ3v) is 3.87. The van der Waals surface area contributed by atoms with E-state index in [0.29, 0.717) is 6.54 Å². The largest absolute Gasteiger partial charge is 0.493 e. The summed E-state index contributed by atoms with van der Waals surface area (Å²) < 4.78 is 10.6. The molecule has 0 aromatic heterocycles. The number of nitrogens with one attached hydrogen (secondary N) is 2. The maximum absolute atomic E-state index is 9.75. The Morgan fingerprint density at radius 1 is 1.24 bits per heavy atom. The lowest BCUT2D eigenvalue weighted by Gasteiger charge is -2.16. The number of hydrogen-bond acceptors (Lipinski definition) is 5. The van der Waals surface area contributed by atoms with Gasteiger partial charge < -0.3 is 25.2 Å². The van der Waals surface area contributed by atoms with Gasteiger partial charge in [-0.25, -0.2) is 0 Å². The second-order valence-corrected chi connectivity index (χ2v) is 5.25. The summed E-state index contributed by atoms with van der Waals surface area (Å²) in [6, 6.07) is 3.99. The third kappa shape index (κ3) is 4.48. The lowest BCUT2D eigenvalue weighted by molar-refractivity contribution is 0.146. The number of aliphatic hydroxyl groups is 1. The van der Waals surface area contributed by atoms with Gasteiger partial charge in [-0.2, -0.15) is 0 Å². The molecule has 2 rings (SSSR count). The zero-order valence-corrected chi connectivity index (χ0v) is 13.6. The van der Waals surface area contributed by atoms with Gasteiger partial charge in [0.1, 0.15) is 0 Å². The van der Waals surface area contributed by atoms with Gasteiger partial charge >= 0.3 is 0 Å². The molecule has 0 saturated carbocycles. The van der Waals surface area contributed by atoms with Gasteiger partial charge in [-0.1, -0.05) is 0 Å². The van der Waals surface area contributed by atoms with Gasteiger partial charge in [-0.15, -0.1) is 12.4 Å². The summed E-state index contributed by atoms with van der Waals surface area (Å²) in [7, 11) is 3.29. The molecule has 3 N–H and O–H groups in total. The Morgan fingerprint density at radius 3 is 2.48 bits per heavy atom. The van der Waals surface area contributed by atoms with E-state index in [1.165, 1.54) is 11.1 Å². The fourth-order valence-corrected chi connectivity index (χ4v) is 2.53. The van der Waals surface area contributed by atoms with Crippen LogP contribution in [0.4, 0.5) is 0 Å². The van der Waals surface area contributed by atoms with Gasteiger partial charge in [-0.05, 0) is 30.2 Å². The van der Waals surface area contributed by atoms with E-state index in [4.69, 9.17) is 9.47 Å². The normalized spacial score (nSPS) is 21.0. The molecule has 1 heterocycles. The van der Waals surface area contributed by atoms with Crippen molar-refractivity contribution in [3.05, 3.63) is 23.3 Å². The molecular weight excluding hydrogens is 292 g/mol. The van der Waals surface area contributed by atoms with Crippen LogP contribution in [0, 0.1) is 12.8 Å². The van der Waals surface area contributed by atoms with Gasteiger partial charge in [0.15, 0.2) is 11.5 Å². The molecule has 2 unspecified atom stereocenters. The molecule has 1 aliphatic heterocycles.